The molecule has 0 radical (unpaired) electrons. The van der Waals surface area contributed by atoms with Crippen LogP contribution in [0.4, 0.5) is 5.69 Å². The van der Waals surface area contributed by atoms with E-state index in [9.17, 15) is 10.1 Å². The number of carbonyl (C=O) groups is 1. The van der Waals surface area contributed by atoms with Crippen molar-refractivity contribution in [2.75, 3.05) is 5.32 Å². The van der Waals surface area contributed by atoms with Crippen LogP contribution in [0.5, 0.6) is 11.5 Å². The minimum atomic E-state index is -0.837. The third-order valence-corrected chi connectivity index (χ3v) is 4.19. The molecule has 1 N–H and O–H groups in total. The first-order valence-electron chi connectivity index (χ1n) is 7.69. The maximum absolute atomic E-state index is 12.2. The van der Waals surface area contributed by atoms with Gasteiger partial charge in [0, 0.05) is 5.69 Å². The maximum atomic E-state index is 12.2. The monoisotopic (exact) mass is 306 g/mol. The van der Waals surface area contributed by atoms with Crippen molar-refractivity contribution in [2.45, 2.75) is 26.2 Å². The number of nitrogens with zero attached hydrogens (tertiary/aromatic N) is 1. The van der Waals surface area contributed by atoms with Crippen molar-refractivity contribution in [2.24, 2.45) is 5.41 Å². The van der Waals surface area contributed by atoms with Gasteiger partial charge in [-0.05, 0) is 68.1 Å². The van der Waals surface area contributed by atoms with E-state index in [0.29, 0.717) is 24.3 Å². The number of nitrogens with one attached hydrogen (secondary N) is 1. The third-order valence-electron chi connectivity index (χ3n) is 4.19. The summed E-state index contributed by atoms with van der Waals surface area (Å²) in [5.41, 5.74) is 0.971. The zero-order valence-electron chi connectivity index (χ0n) is 13.0. The van der Waals surface area contributed by atoms with Crippen molar-refractivity contribution >= 4 is 11.6 Å². The van der Waals surface area contributed by atoms with E-state index in [-0.39, 0.29) is 5.91 Å². The first-order valence-corrected chi connectivity index (χ1v) is 7.69. The van der Waals surface area contributed by atoms with Gasteiger partial charge in [0.25, 0.3) is 0 Å². The van der Waals surface area contributed by atoms with Gasteiger partial charge in [-0.15, -0.1) is 0 Å². The van der Waals surface area contributed by atoms with E-state index in [0.717, 1.165) is 17.7 Å². The standard InChI is InChI=1S/C19H18N2O2/c1-14-4-2-5-17(12-14)23-16-8-6-15(7-9-16)21-18(22)19(13-20)10-3-11-19/h2,4-9,12H,3,10-11H2,1H3,(H,21,22). The van der Waals surface area contributed by atoms with E-state index in [1.165, 1.54) is 0 Å². The lowest BCUT2D eigenvalue weighted by Gasteiger charge is -2.33. The topological polar surface area (TPSA) is 62.1 Å². The van der Waals surface area contributed by atoms with Crippen LogP contribution in [-0.2, 0) is 4.79 Å². The molecule has 0 saturated heterocycles. The molecule has 0 aromatic heterocycles. The van der Waals surface area contributed by atoms with E-state index in [1.54, 1.807) is 24.3 Å². The largest absolute Gasteiger partial charge is 0.457 e. The molecule has 4 nitrogen and oxygen atoms in total. The third kappa shape index (κ3) is 3.19. The van der Waals surface area contributed by atoms with Crippen LogP contribution < -0.4 is 10.1 Å². The predicted molar refractivity (Wildman–Crippen MR) is 88.2 cm³/mol. The molecule has 3 rings (SSSR count). The molecule has 0 bridgehead atoms. The normalized spacial score (nSPS) is 15.1. The lowest BCUT2D eigenvalue weighted by Crippen LogP contribution is -2.40. The fraction of sp³-hybridized carbons (Fsp3) is 0.263. The van der Waals surface area contributed by atoms with Crippen LogP contribution in [0.2, 0.25) is 0 Å². The minimum Gasteiger partial charge on any atom is -0.457 e. The number of nitriles is 1. The second-order valence-electron chi connectivity index (χ2n) is 5.94. The molecule has 1 saturated carbocycles. The van der Waals surface area contributed by atoms with Crippen LogP contribution in [-0.4, -0.2) is 5.91 Å². The average Bonchev–Trinajstić information content (AvgIpc) is 2.49. The molecule has 23 heavy (non-hydrogen) atoms. The lowest BCUT2D eigenvalue weighted by molar-refractivity contribution is -0.126. The highest BCUT2D eigenvalue weighted by molar-refractivity contribution is 5.97. The highest BCUT2D eigenvalue weighted by Gasteiger charge is 2.44. The lowest BCUT2D eigenvalue weighted by atomic mass is 9.69. The Bertz CT molecular complexity index is 756. The van der Waals surface area contributed by atoms with Crippen molar-refractivity contribution in [3.8, 4) is 17.6 Å². The first kappa shape index (κ1) is 15.1. The molecular weight excluding hydrogens is 288 g/mol. The van der Waals surface area contributed by atoms with Crippen LogP contribution in [0, 0.1) is 23.7 Å². The zero-order chi connectivity index (χ0) is 16.3. The van der Waals surface area contributed by atoms with E-state index in [2.05, 4.69) is 11.4 Å². The van der Waals surface area contributed by atoms with E-state index < -0.39 is 5.41 Å². The van der Waals surface area contributed by atoms with Gasteiger partial charge in [0.2, 0.25) is 5.91 Å². The molecule has 4 heteroatoms. The summed E-state index contributed by atoms with van der Waals surface area (Å²) in [5, 5.41) is 12.0. The molecule has 0 unspecified atom stereocenters. The molecule has 0 heterocycles. The van der Waals surface area contributed by atoms with E-state index >= 15 is 0 Å². The van der Waals surface area contributed by atoms with Crippen LogP contribution in [0.25, 0.3) is 0 Å². The number of hydrogen-bond donors (Lipinski definition) is 1. The second kappa shape index (κ2) is 6.13. The van der Waals surface area contributed by atoms with Crippen molar-refractivity contribution in [3.63, 3.8) is 0 Å². The Morgan fingerprint density at radius 3 is 2.48 bits per heavy atom. The quantitative estimate of drug-likeness (QED) is 0.909. The first-order chi connectivity index (χ1) is 11.1. The molecule has 0 aliphatic heterocycles. The number of aryl methyl sites for hydroxylation is 1. The van der Waals surface area contributed by atoms with Gasteiger partial charge in [-0.25, -0.2) is 0 Å². The van der Waals surface area contributed by atoms with Crippen molar-refractivity contribution in [1.29, 1.82) is 5.26 Å². The van der Waals surface area contributed by atoms with E-state index in [1.807, 2.05) is 31.2 Å². The van der Waals surface area contributed by atoms with Gasteiger partial charge < -0.3 is 10.1 Å². The molecule has 2 aromatic rings. The molecule has 2 aromatic carbocycles. The van der Waals surface area contributed by atoms with Crippen molar-refractivity contribution in [3.05, 3.63) is 54.1 Å². The van der Waals surface area contributed by atoms with Gasteiger partial charge in [0.15, 0.2) is 0 Å². The van der Waals surface area contributed by atoms with Crippen molar-refractivity contribution < 1.29 is 9.53 Å². The number of benzene rings is 2. The van der Waals surface area contributed by atoms with Gasteiger partial charge >= 0.3 is 0 Å². The summed E-state index contributed by atoms with van der Waals surface area (Å²) in [4.78, 5) is 12.2. The summed E-state index contributed by atoms with van der Waals surface area (Å²) in [6.07, 6.45) is 2.22. The SMILES string of the molecule is Cc1cccc(Oc2ccc(NC(=O)C3(C#N)CCC3)cc2)c1. The number of anilines is 1. The fourth-order valence-electron chi connectivity index (χ4n) is 2.59. The molecule has 1 amide bonds. The molecular formula is C19H18N2O2. The Hall–Kier alpha value is -2.80. The summed E-state index contributed by atoms with van der Waals surface area (Å²) in [7, 11) is 0. The highest BCUT2D eigenvalue weighted by Crippen LogP contribution is 2.41. The highest BCUT2D eigenvalue weighted by atomic mass is 16.5. The van der Waals surface area contributed by atoms with Crippen molar-refractivity contribution in [1.82, 2.24) is 0 Å². The Labute approximate surface area is 135 Å². The number of amides is 1. The van der Waals surface area contributed by atoms with E-state index in [4.69, 9.17) is 4.74 Å². The summed E-state index contributed by atoms with van der Waals surface area (Å²) < 4.78 is 5.77. The number of ether oxygens (including phenoxy) is 1. The van der Waals surface area contributed by atoms with Gasteiger partial charge in [-0.2, -0.15) is 5.26 Å². The molecule has 1 aliphatic carbocycles. The number of rotatable bonds is 4. The second-order valence-corrected chi connectivity index (χ2v) is 5.94. The predicted octanol–water partition coefficient (Wildman–Crippen LogP) is 4.42. The van der Waals surface area contributed by atoms with Crippen LogP contribution in [0.3, 0.4) is 0 Å². The van der Waals surface area contributed by atoms with Gasteiger partial charge in [-0.3, -0.25) is 4.79 Å². The molecule has 0 atom stereocenters. The number of carbonyl (C=O) groups excluding carboxylic acids is 1. The average molecular weight is 306 g/mol. The molecule has 1 fully saturated rings. The van der Waals surface area contributed by atoms with Crippen LogP contribution in [0.15, 0.2) is 48.5 Å². The van der Waals surface area contributed by atoms with Crippen LogP contribution in [0.1, 0.15) is 24.8 Å². The Morgan fingerprint density at radius 1 is 1.17 bits per heavy atom. The van der Waals surface area contributed by atoms with Crippen LogP contribution >= 0.6 is 0 Å². The summed E-state index contributed by atoms with van der Waals surface area (Å²) in [6, 6.07) is 17.1. The Kier molecular flexibility index (Phi) is 4.03. The Balaban J connectivity index is 1.65. The van der Waals surface area contributed by atoms with Gasteiger partial charge in [0.1, 0.15) is 16.9 Å². The summed E-state index contributed by atoms with van der Waals surface area (Å²) in [6.45, 7) is 2.01. The molecule has 0 spiro atoms. The molecule has 116 valence electrons. The summed E-state index contributed by atoms with van der Waals surface area (Å²) in [5.74, 6) is 1.27. The zero-order valence-corrected chi connectivity index (χ0v) is 13.0. The summed E-state index contributed by atoms with van der Waals surface area (Å²) >= 11 is 0. The number of hydrogen-bond acceptors (Lipinski definition) is 3. The Morgan fingerprint density at radius 2 is 1.91 bits per heavy atom. The minimum absolute atomic E-state index is 0.210. The maximum Gasteiger partial charge on any atom is 0.244 e. The van der Waals surface area contributed by atoms with Gasteiger partial charge in [0.05, 0.1) is 6.07 Å². The van der Waals surface area contributed by atoms with Gasteiger partial charge in [-0.1, -0.05) is 12.1 Å². The fourth-order valence-corrected chi connectivity index (χ4v) is 2.59. The smallest absolute Gasteiger partial charge is 0.244 e. The molecule has 1 aliphatic rings.